The molecule has 0 bridgehead atoms. The molecule has 0 amide bonds. The number of aromatic nitrogens is 7. The third kappa shape index (κ3) is 3.79. The number of anilines is 1. The Morgan fingerprint density at radius 2 is 1.34 bits per heavy atom. The largest absolute Gasteiger partial charge is 0.338 e. The number of hydrogen-bond donors (Lipinski definition) is 3. The van der Waals surface area contributed by atoms with E-state index in [0.717, 1.165) is 11.0 Å². The Kier molecular flexibility index (Phi) is 5.90. The van der Waals surface area contributed by atoms with Crippen LogP contribution < -0.4 is 16.5 Å². The zero-order valence-corrected chi connectivity index (χ0v) is 23.2. The zero-order valence-electron chi connectivity index (χ0n) is 23.2. The van der Waals surface area contributed by atoms with Gasteiger partial charge in [-0.15, -0.1) is 10.2 Å². The molecule has 0 fully saturated rings. The van der Waals surface area contributed by atoms with Gasteiger partial charge in [-0.25, -0.2) is 5.43 Å². The van der Waals surface area contributed by atoms with Crippen molar-refractivity contribution >= 4 is 51.7 Å². The van der Waals surface area contributed by atoms with Crippen molar-refractivity contribution in [2.24, 2.45) is 10.2 Å². The van der Waals surface area contributed by atoms with Gasteiger partial charge in [0.2, 0.25) is 0 Å². The van der Waals surface area contributed by atoms with Gasteiger partial charge in [0.05, 0.1) is 56.7 Å². The fourth-order valence-corrected chi connectivity index (χ4v) is 5.35. The van der Waals surface area contributed by atoms with E-state index in [1.807, 2.05) is 36.4 Å². The number of benzene rings is 2. The summed E-state index contributed by atoms with van der Waals surface area (Å²) in [4.78, 5) is 33.3. The van der Waals surface area contributed by atoms with Gasteiger partial charge >= 0.3 is 0 Å². The summed E-state index contributed by atoms with van der Waals surface area (Å²) in [6.45, 7) is 3.36. The molecule has 2 aromatic carbocycles. The van der Waals surface area contributed by atoms with Gasteiger partial charge in [0.15, 0.2) is 0 Å². The van der Waals surface area contributed by atoms with Crippen molar-refractivity contribution in [3.63, 3.8) is 0 Å². The molecule has 14 heteroatoms. The fraction of sp³-hybridized carbons (Fsp3) is 0.0667. The van der Waals surface area contributed by atoms with E-state index in [1.54, 1.807) is 26.0 Å². The van der Waals surface area contributed by atoms with Crippen LogP contribution in [0.4, 0.5) is 5.95 Å². The zero-order chi connectivity index (χ0) is 30.5. The molecule has 0 aliphatic rings. The third-order valence-corrected chi connectivity index (χ3v) is 7.57. The molecule has 14 nitrogen and oxygen atoms in total. The Labute approximate surface area is 246 Å². The molecule has 212 valence electrons. The van der Waals surface area contributed by atoms with Gasteiger partial charge < -0.3 is 9.97 Å². The second-order valence-corrected chi connectivity index (χ2v) is 9.93. The quantitative estimate of drug-likeness (QED) is 0.206. The summed E-state index contributed by atoms with van der Waals surface area (Å²) in [5, 5.41) is 36.1. The van der Waals surface area contributed by atoms with Gasteiger partial charge in [-0.1, -0.05) is 24.3 Å². The Morgan fingerprint density at radius 1 is 0.818 bits per heavy atom. The molecule has 7 rings (SSSR count). The first-order valence-corrected chi connectivity index (χ1v) is 13.3. The highest BCUT2D eigenvalue weighted by molar-refractivity contribution is 5.90. The van der Waals surface area contributed by atoms with Crippen LogP contribution in [0.1, 0.15) is 33.4 Å². The van der Waals surface area contributed by atoms with Crippen molar-refractivity contribution in [2.45, 2.75) is 13.8 Å². The van der Waals surface area contributed by atoms with E-state index >= 15 is 0 Å². The molecule has 5 aromatic heterocycles. The van der Waals surface area contributed by atoms with Crippen molar-refractivity contribution in [1.82, 2.24) is 33.6 Å². The lowest BCUT2D eigenvalue weighted by Gasteiger charge is -2.06. The highest BCUT2D eigenvalue weighted by Gasteiger charge is 2.19. The van der Waals surface area contributed by atoms with Crippen LogP contribution in [-0.2, 0) is 0 Å². The van der Waals surface area contributed by atoms with Crippen LogP contribution in [0.5, 0.6) is 0 Å². The maximum Gasteiger partial charge on any atom is 0.266 e. The average molecular weight is 581 g/mol. The lowest BCUT2D eigenvalue weighted by molar-refractivity contribution is 0.878. The number of H-pyrrole nitrogens is 2. The van der Waals surface area contributed by atoms with Gasteiger partial charge in [-0.2, -0.15) is 25.4 Å². The van der Waals surface area contributed by atoms with Crippen LogP contribution in [0.25, 0.3) is 33.4 Å². The standard InChI is InChI=1S/C30H20N12O2/c1-16-18(11-31)26-36-22-7-3-5-9-24(22)41(26)28(43)20(16)13-33-38-30-39-34-15-40(30)35-14-21-17(2)19(12-32)27-37-23-8-4-6-10-25(23)42(27)29(21)44/h3-10,13-15,36-37H,1-2H3,(H,38,39). The number of rotatable bonds is 5. The van der Waals surface area contributed by atoms with Crippen LogP contribution in [-0.4, -0.2) is 46.1 Å². The summed E-state index contributed by atoms with van der Waals surface area (Å²) < 4.78 is 4.17. The minimum Gasteiger partial charge on any atom is -0.338 e. The minimum atomic E-state index is -0.352. The van der Waals surface area contributed by atoms with Crippen molar-refractivity contribution < 1.29 is 0 Å². The smallest absolute Gasteiger partial charge is 0.266 e. The highest BCUT2D eigenvalue weighted by atomic mass is 16.1. The average Bonchev–Trinajstić information content (AvgIpc) is 3.74. The Balaban J connectivity index is 1.25. The predicted octanol–water partition coefficient (Wildman–Crippen LogP) is 3.15. The summed E-state index contributed by atoms with van der Waals surface area (Å²) >= 11 is 0. The first kappa shape index (κ1) is 26.1. The number of nitrogens with one attached hydrogen (secondary N) is 3. The first-order valence-electron chi connectivity index (χ1n) is 13.3. The van der Waals surface area contributed by atoms with Crippen LogP contribution in [0, 0.1) is 36.5 Å². The van der Waals surface area contributed by atoms with E-state index in [4.69, 9.17) is 0 Å². The molecule has 7 aromatic rings. The summed E-state index contributed by atoms with van der Waals surface area (Å²) in [5.74, 6) is 0.0929. The first-order chi connectivity index (χ1) is 21.4. The van der Waals surface area contributed by atoms with Gasteiger partial charge in [0.25, 0.3) is 17.1 Å². The summed E-state index contributed by atoms with van der Waals surface area (Å²) in [6, 6.07) is 18.9. The number of aromatic amines is 2. The molecule has 0 spiro atoms. The lowest BCUT2D eigenvalue weighted by Crippen LogP contribution is -2.21. The van der Waals surface area contributed by atoms with Gasteiger partial charge in [-0.05, 0) is 49.2 Å². The van der Waals surface area contributed by atoms with E-state index in [-0.39, 0.29) is 28.2 Å². The van der Waals surface area contributed by atoms with Crippen LogP contribution in [0.2, 0.25) is 0 Å². The van der Waals surface area contributed by atoms with Gasteiger partial charge in [-0.3, -0.25) is 18.4 Å². The number of hydrogen-bond acceptors (Lipinski definition) is 9. The van der Waals surface area contributed by atoms with E-state index in [1.165, 1.54) is 32.2 Å². The highest BCUT2D eigenvalue weighted by Crippen LogP contribution is 2.22. The number of nitriles is 2. The predicted molar refractivity (Wildman–Crippen MR) is 164 cm³/mol. The topological polar surface area (TPSA) is 190 Å². The Hall–Kier alpha value is -6.80. The SMILES string of the molecule is Cc1c(C=NNc2nncn2N=Cc2c(C)c(C#N)c3[nH]c4ccccc4n3c2=O)c(=O)n2c([nH]c3ccccc32)c1C#N. The molecule has 0 radical (unpaired) electrons. The normalized spacial score (nSPS) is 11.8. The van der Waals surface area contributed by atoms with E-state index in [9.17, 15) is 20.1 Å². The second kappa shape index (κ2) is 9.93. The molecule has 0 saturated heterocycles. The van der Waals surface area contributed by atoms with Crippen LogP contribution in [0.15, 0.2) is 74.7 Å². The van der Waals surface area contributed by atoms with E-state index in [2.05, 4.69) is 47.9 Å². The van der Waals surface area contributed by atoms with Crippen molar-refractivity contribution in [3.8, 4) is 12.1 Å². The molecule has 5 heterocycles. The number of fused-ring (bicyclic) bond motifs is 6. The summed E-state index contributed by atoms with van der Waals surface area (Å²) in [6.07, 6.45) is 3.96. The maximum atomic E-state index is 13.5. The Bertz CT molecular complexity index is 2580. The van der Waals surface area contributed by atoms with Crippen molar-refractivity contribution in [2.75, 3.05) is 5.43 Å². The molecule has 3 N–H and O–H groups in total. The van der Waals surface area contributed by atoms with Gasteiger partial charge in [0.1, 0.15) is 29.8 Å². The lowest BCUT2D eigenvalue weighted by atomic mass is 10.1. The Morgan fingerprint density at radius 3 is 1.89 bits per heavy atom. The third-order valence-electron chi connectivity index (χ3n) is 7.57. The fourth-order valence-electron chi connectivity index (χ4n) is 5.35. The van der Waals surface area contributed by atoms with Crippen LogP contribution in [0.3, 0.4) is 0 Å². The molecule has 0 atom stereocenters. The molecular weight excluding hydrogens is 560 g/mol. The van der Waals surface area contributed by atoms with Crippen molar-refractivity contribution in [3.05, 3.63) is 109 Å². The number of imidazole rings is 2. The van der Waals surface area contributed by atoms with E-state index in [0.29, 0.717) is 44.6 Å². The molecule has 0 aliphatic heterocycles. The number of hydrazone groups is 1. The summed E-state index contributed by atoms with van der Waals surface area (Å²) in [5.41, 5.74) is 7.54. The molecule has 0 saturated carbocycles. The molecular formula is C30H20N12O2. The number of para-hydroxylation sites is 4. The molecule has 0 aliphatic carbocycles. The number of nitrogens with zero attached hydrogens (tertiary/aromatic N) is 9. The van der Waals surface area contributed by atoms with E-state index < -0.39 is 0 Å². The minimum absolute atomic E-state index is 0.0929. The maximum absolute atomic E-state index is 13.5. The molecule has 44 heavy (non-hydrogen) atoms. The summed E-state index contributed by atoms with van der Waals surface area (Å²) in [7, 11) is 0. The molecule has 0 unspecified atom stereocenters. The second-order valence-electron chi connectivity index (χ2n) is 9.93. The van der Waals surface area contributed by atoms with Gasteiger partial charge in [0, 0.05) is 0 Å². The van der Waals surface area contributed by atoms with Crippen molar-refractivity contribution in [1.29, 1.82) is 10.5 Å². The number of pyridine rings is 2. The monoisotopic (exact) mass is 580 g/mol. The van der Waals surface area contributed by atoms with Crippen LogP contribution >= 0.6 is 0 Å².